The largest absolute Gasteiger partial charge is 0.350 e. The quantitative estimate of drug-likeness (QED) is 0.266. The first kappa shape index (κ1) is 19.4. The molecule has 30 heavy (non-hydrogen) atoms. The first-order valence-corrected chi connectivity index (χ1v) is 9.36. The number of nitro groups is 1. The van der Waals surface area contributed by atoms with Crippen LogP contribution in [0.1, 0.15) is 16.1 Å². The first-order valence-electron chi connectivity index (χ1n) is 8.98. The fraction of sp³-hybridized carbons (Fsp3) is 0. The summed E-state index contributed by atoms with van der Waals surface area (Å²) in [6.45, 7) is 0. The van der Waals surface area contributed by atoms with Crippen LogP contribution in [0.15, 0.2) is 77.9 Å². The molecule has 0 aliphatic carbocycles. The number of aromatic nitrogens is 1. The van der Waals surface area contributed by atoms with E-state index >= 15 is 0 Å². The number of halogens is 1. The number of benzene rings is 3. The summed E-state index contributed by atoms with van der Waals surface area (Å²) in [6.07, 6.45) is 1.33. The van der Waals surface area contributed by atoms with Crippen LogP contribution in [0.3, 0.4) is 0 Å². The summed E-state index contributed by atoms with van der Waals surface area (Å²) in [6, 6.07) is 21.5. The topological polar surface area (TPSA) is 100 Å². The van der Waals surface area contributed by atoms with Crippen LogP contribution in [0.25, 0.3) is 22.0 Å². The Morgan fingerprint density at radius 3 is 2.57 bits per heavy atom. The van der Waals surface area contributed by atoms with Crippen LogP contribution in [0.2, 0.25) is 5.02 Å². The van der Waals surface area contributed by atoms with Gasteiger partial charge in [-0.05, 0) is 17.7 Å². The lowest BCUT2D eigenvalue weighted by molar-refractivity contribution is -0.384. The van der Waals surface area contributed by atoms with E-state index in [1.165, 1.54) is 18.3 Å². The van der Waals surface area contributed by atoms with Gasteiger partial charge in [-0.3, -0.25) is 14.9 Å². The number of hydrogen-bond acceptors (Lipinski definition) is 4. The molecule has 1 aromatic heterocycles. The number of rotatable bonds is 5. The van der Waals surface area contributed by atoms with Crippen molar-refractivity contribution in [2.24, 2.45) is 5.10 Å². The van der Waals surface area contributed by atoms with Gasteiger partial charge in [0.25, 0.3) is 11.6 Å². The van der Waals surface area contributed by atoms with Crippen molar-refractivity contribution in [1.29, 1.82) is 0 Å². The Hall–Kier alpha value is -3.97. The van der Waals surface area contributed by atoms with Gasteiger partial charge in [0.05, 0.1) is 11.1 Å². The number of nitrogens with one attached hydrogen (secondary N) is 2. The molecule has 0 fully saturated rings. The molecule has 0 saturated carbocycles. The molecule has 0 aliphatic rings. The number of carbonyl (C=O) groups excluding carboxylic acids is 1. The minimum atomic E-state index is -0.575. The van der Waals surface area contributed by atoms with Crippen molar-refractivity contribution in [2.75, 3.05) is 0 Å². The summed E-state index contributed by atoms with van der Waals surface area (Å²) in [5.41, 5.74) is 5.57. The molecule has 0 radical (unpaired) electrons. The summed E-state index contributed by atoms with van der Waals surface area (Å²) >= 11 is 5.81. The summed E-state index contributed by atoms with van der Waals surface area (Å²) in [5, 5.41) is 15.9. The number of amides is 1. The van der Waals surface area contributed by atoms with Gasteiger partial charge in [-0.1, -0.05) is 66.2 Å². The monoisotopic (exact) mass is 418 g/mol. The van der Waals surface area contributed by atoms with Crippen molar-refractivity contribution >= 4 is 40.3 Å². The Kier molecular flexibility index (Phi) is 5.28. The first-order chi connectivity index (χ1) is 14.5. The molecule has 0 saturated heterocycles. The van der Waals surface area contributed by atoms with Gasteiger partial charge in [0, 0.05) is 28.1 Å². The minimum Gasteiger partial charge on any atom is -0.350 e. The highest BCUT2D eigenvalue weighted by atomic mass is 35.5. The van der Waals surface area contributed by atoms with E-state index in [0.717, 1.165) is 22.0 Å². The molecular weight excluding hydrogens is 404 g/mol. The molecule has 1 heterocycles. The number of carbonyl (C=O) groups is 1. The van der Waals surface area contributed by atoms with Crippen molar-refractivity contribution in [3.63, 3.8) is 0 Å². The zero-order valence-corrected chi connectivity index (χ0v) is 16.3. The number of hydrogen-bond donors (Lipinski definition) is 2. The molecule has 2 N–H and O–H groups in total. The maximum absolute atomic E-state index is 12.8. The van der Waals surface area contributed by atoms with Gasteiger partial charge >= 0.3 is 0 Å². The number of aromatic amines is 1. The Bertz CT molecular complexity index is 1280. The SMILES string of the molecule is O=C(N/N=C/c1ccc(Cl)c([N+](=O)[O-])c1)c1[nH]c2ccccc2c1-c1ccccc1. The van der Waals surface area contributed by atoms with Gasteiger partial charge in [0.1, 0.15) is 10.7 Å². The van der Waals surface area contributed by atoms with Gasteiger partial charge < -0.3 is 4.98 Å². The van der Waals surface area contributed by atoms with E-state index in [-0.39, 0.29) is 10.7 Å². The molecule has 1 amide bonds. The second kappa shape index (κ2) is 8.18. The Morgan fingerprint density at radius 1 is 1.07 bits per heavy atom. The lowest BCUT2D eigenvalue weighted by Crippen LogP contribution is -2.18. The van der Waals surface area contributed by atoms with E-state index in [1.807, 2.05) is 54.6 Å². The Balaban J connectivity index is 1.64. The Labute approximate surface area is 176 Å². The molecular formula is C22H15ClN4O3. The zero-order valence-electron chi connectivity index (χ0n) is 15.5. The molecule has 148 valence electrons. The number of para-hydroxylation sites is 1. The van der Waals surface area contributed by atoms with E-state index < -0.39 is 10.8 Å². The molecule has 4 aromatic rings. The number of nitrogens with zero attached hydrogens (tertiary/aromatic N) is 2. The van der Waals surface area contributed by atoms with Gasteiger partial charge in [-0.25, -0.2) is 5.43 Å². The molecule has 0 spiro atoms. The second-order valence-electron chi connectivity index (χ2n) is 6.45. The normalized spacial score (nSPS) is 11.1. The summed E-state index contributed by atoms with van der Waals surface area (Å²) in [5.74, 6) is -0.426. The average molecular weight is 419 g/mol. The van der Waals surface area contributed by atoms with Crippen molar-refractivity contribution in [1.82, 2.24) is 10.4 Å². The van der Waals surface area contributed by atoms with E-state index in [9.17, 15) is 14.9 Å². The van der Waals surface area contributed by atoms with Crippen molar-refractivity contribution < 1.29 is 9.72 Å². The number of hydrazone groups is 1. The number of fused-ring (bicyclic) bond motifs is 1. The lowest BCUT2D eigenvalue weighted by atomic mass is 10.0. The average Bonchev–Trinajstić information content (AvgIpc) is 3.15. The van der Waals surface area contributed by atoms with E-state index in [1.54, 1.807) is 6.07 Å². The highest BCUT2D eigenvalue weighted by Crippen LogP contribution is 2.32. The van der Waals surface area contributed by atoms with Crippen molar-refractivity contribution in [3.05, 3.63) is 99.2 Å². The molecule has 0 atom stereocenters. The van der Waals surface area contributed by atoms with E-state index in [4.69, 9.17) is 11.6 Å². The lowest BCUT2D eigenvalue weighted by Gasteiger charge is -2.04. The minimum absolute atomic E-state index is 0.0340. The Morgan fingerprint density at radius 2 is 1.80 bits per heavy atom. The highest BCUT2D eigenvalue weighted by molar-refractivity contribution is 6.32. The predicted molar refractivity (Wildman–Crippen MR) is 117 cm³/mol. The van der Waals surface area contributed by atoms with Gasteiger partial charge in [-0.2, -0.15) is 5.10 Å². The number of nitro benzene ring substituents is 1. The summed E-state index contributed by atoms with van der Waals surface area (Å²) in [7, 11) is 0. The zero-order chi connectivity index (χ0) is 21.1. The van der Waals surface area contributed by atoms with E-state index in [0.29, 0.717) is 11.3 Å². The van der Waals surface area contributed by atoms with Crippen LogP contribution in [0.4, 0.5) is 5.69 Å². The maximum Gasteiger partial charge on any atom is 0.288 e. The van der Waals surface area contributed by atoms with Gasteiger partial charge in [0.2, 0.25) is 0 Å². The predicted octanol–water partition coefficient (Wildman–Crippen LogP) is 5.16. The van der Waals surface area contributed by atoms with Crippen molar-refractivity contribution in [3.8, 4) is 11.1 Å². The summed E-state index contributed by atoms with van der Waals surface area (Å²) in [4.78, 5) is 26.4. The maximum atomic E-state index is 12.8. The van der Waals surface area contributed by atoms with Gasteiger partial charge in [0.15, 0.2) is 0 Å². The third-order valence-corrected chi connectivity index (χ3v) is 4.86. The fourth-order valence-corrected chi connectivity index (χ4v) is 3.37. The molecule has 7 nitrogen and oxygen atoms in total. The van der Waals surface area contributed by atoms with Crippen LogP contribution < -0.4 is 5.43 Å². The van der Waals surface area contributed by atoms with Crippen LogP contribution in [0, 0.1) is 10.1 Å². The van der Waals surface area contributed by atoms with Gasteiger partial charge in [-0.15, -0.1) is 0 Å². The van der Waals surface area contributed by atoms with Crippen LogP contribution in [-0.4, -0.2) is 22.0 Å². The fourth-order valence-electron chi connectivity index (χ4n) is 3.19. The molecule has 8 heteroatoms. The smallest absolute Gasteiger partial charge is 0.288 e. The van der Waals surface area contributed by atoms with Crippen LogP contribution in [0.5, 0.6) is 0 Å². The molecule has 3 aromatic carbocycles. The van der Waals surface area contributed by atoms with Crippen LogP contribution in [-0.2, 0) is 0 Å². The molecule has 0 bridgehead atoms. The molecule has 0 aliphatic heterocycles. The number of H-pyrrole nitrogens is 1. The summed E-state index contributed by atoms with van der Waals surface area (Å²) < 4.78 is 0. The molecule has 4 rings (SSSR count). The van der Waals surface area contributed by atoms with E-state index in [2.05, 4.69) is 15.5 Å². The standard InChI is InChI=1S/C22H15ClN4O3/c23-17-11-10-14(12-19(17)27(29)30)13-24-26-22(28)21-20(15-6-2-1-3-7-15)16-8-4-5-9-18(16)25-21/h1-13,25H,(H,26,28)/b24-13+. The van der Waals surface area contributed by atoms with Crippen molar-refractivity contribution in [2.45, 2.75) is 0 Å². The van der Waals surface area contributed by atoms with Crippen LogP contribution >= 0.6 is 11.6 Å². The molecule has 0 unspecified atom stereocenters. The highest BCUT2D eigenvalue weighted by Gasteiger charge is 2.18. The third-order valence-electron chi connectivity index (χ3n) is 4.54. The third kappa shape index (κ3) is 3.78. The second-order valence-corrected chi connectivity index (χ2v) is 6.86.